The maximum absolute atomic E-state index is 12.2. The topological polar surface area (TPSA) is 69.4 Å². The molecule has 1 aliphatic heterocycles. The van der Waals surface area contributed by atoms with Gasteiger partial charge in [0.15, 0.2) is 9.84 Å². The molecule has 1 aromatic rings. The molecule has 100 valence electrons. The van der Waals surface area contributed by atoms with E-state index in [4.69, 9.17) is 10.5 Å². The van der Waals surface area contributed by atoms with Gasteiger partial charge in [-0.3, -0.25) is 0 Å². The minimum absolute atomic E-state index is 0.0251. The summed E-state index contributed by atoms with van der Waals surface area (Å²) in [6.45, 7) is 1.24. The Kier molecular flexibility index (Phi) is 4.42. The van der Waals surface area contributed by atoms with Crippen molar-refractivity contribution in [2.75, 3.05) is 19.0 Å². The predicted molar refractivity (Wildman–Crippen MR) is 73.1 cm³/mol. The fourth-order valence-electron chi connectivity index (χ4n) is 2.02. The first kappa shape index (κ1) is 14.0. The second-order valence-electron chi connectivity index (χ2n) is 4.52. The molecule has 2 atom stereocenters. The minimum Gasteiger partial charge on any atom is -0.381 e. The van der Waals surface area contributed by atoms with Crippen molar-refractivity contribution in [2.45, 2.75) is 17.4 Å². The van der Waals surface area contributed by atoms with E-state index in [1.807, 2.05) is 0 Å². The average Bonchev–Trinajstić information content (AvgIpc) is 2.82. The van der Waals surface area contributed by atoms with Crippen molar-refractivity contribution in [1.29, 1.82) is 0 Å². The standard InChI is InChI=1S/C12H16BrNO3S/c13-10-1-3-11(4-2-10)18(15,16)8-12(14)9-5-6-17-7-9/h1-4,9,12H,5-8,14H2. The van der Waals surface area contributed by atoms with E-state index < -0.39 is 9.84 Å². The lowest BCUT2D eigenvalue weighted by Gasteiger charge is -2.17. The first-order valence-electron chi connectivity index (χ1n) is 5.81. The van der Waals surface area contributed by atoms with E-state index in [1.54, 1.807) is 24.3 Å². The fourth-order valence-corrected chi connectivity index (χ4v) is 3.80. The molecule has 1 heterocycles. The molecule has 0 amide bonds. The van der Waals surface area contributed by atoms with Crippen LogP contribution in [-0.4, -0.2) is 33.4 Å². The van der Waals surface area contributed by atoms with Crippen LogP contribution < -0.4 is 5.73 Å². The molecular weight excluding hydrogens is 318 g/mol. The lowest BCUT2D eigenvalue weighted by molar-refractivity contribution is 0.182. The molecule has 0 radical (unpaired) electrons. The Labute approximate surface area is 116 Å². The van der Waals surface area contributed by atoms with E-state index in [0.29, 0.717) is 18.1 Å². The van der Waals surface area contributed by atoms with Crippen LogP contribution in [0.1, 0.15) is 6.42 Å². The molecule has 0 aliphatic carbocycles. The quantitative estimate of drug-likeness (QED) is 0.908. The van der Waals surface area contributed by atoms with Gasteiger partial charge < -0.3 is 10.5 Å². The first-order valence-corrected chi connectivity index (χ1v) is 8.25. The normalized spacial score (nSPS) is 22.0. The van der Waals surface area contributed by atoms with Gasteiger partial charge in [0.05, 0.1) is 17.3 Å². The molecule has 0 aromatic heterocycles. The van der Waals surface area contributed by atoms with Crippen LogP contribution in [0.3, 0.4) is 0 Å². The minimum atomic E-state index is -3.32. The zero-order valence-electron chi connectivity index (χ0n) is 9.88. The molecule has 1 fully saturated rings. The maximum Gasteiger partial charge on any atom is 0.179 e. The third-order valence-corrected chi connectivity index (χ3v) is 5.50. The number of rotatable bonds is 4. The van der Waals surface area contributed by atoms with Crippen LogP contribution >= 0.6 is 15.9 Å². The molecule has 1 aromatic carbocycles. The van der Waals surface area contributed by atoms with Crippen LogP contribution in [0, 0.1) is 5.92 Å². The number of nitrogens with two attached hydrogens (primary N) is 1. The third-order valence-electron chi connectivity index (χ3n) is 3.16. The molecule has 2 rings (SSSR count). The monoisotopic (exact) mass is 333 g/mol. The molecule has 0 spiro atoms. The summed E-state index contributed by atoms with van der Waals surface area (Å²) in [6, 6.07) is 6.27. The molecule has 6 heteroatoms. The van der Waals surface area contributed by atoms with Crippen LogP contribution in [0.4, 0.5) is 0 Å². The van der Waals surface area contributed by atoms with Gasteiger partial charge in [0, 0.05) is 23.0 Å². The predicted octanol–water partition coefficient (Wildman–Crippen LogP) is 1.59. The summed E-state index contributed by atoms with van der Waals surface area (Å²) in [7, 11) is -3.32. The Hall–Kier alpha value is -0.430. The van der Waals surface area contributed by atoms with Crippen molar-refractivity contribution in [3.8, 4) is 0 Å². The zero-order valence-corrected chi connectivity index (χ0v) is 12.3. The van der Waals surface area contributed by atoms with Crippen molar-refractivity contribution in [1.82, 2.24) is 0 Å². The Bertz CT molecular complexity index is 495. The molecule has 1 saturated heterocycles. The molecule has 0 bridgehead atoms. The van der Waals surface area contributed by atoms with Crippen molar-refractivity contribution in [3.63, 3.8) is 0 Å². The van der Waals surface area contributed by atoms with Crippen molar-refractivity contribution in [2.24, 2.45) is 11.7 Å². The summed E-state index contributed by atoms with van der Waals surface area (Å²) in [5.74, 6) is 0.123. The highest BCUT2D eigenvalue weighted by Crippen LogP contribution is 2.20. The van der Waals surface area contributed by atoms with Crippen molar-refractivity contribution >= 4 is 25.8 Å². The molecule has 1 aliphatic rings. The second kappa shape index (κ2) is 5.69. The van der Waals surface area contributed by atoms with Gasteiger partial charge in [-0.2, -0.15) is 0 Å². The van der Waals surface area contributed by atoms with Crippen LogP contribution in [0.25, 0.3) is 0 Å². The summed E-state index contributed by atoms with van der Waals surface area (Å²) in [4.78, 5) is 0.320. The van der Waals surface area contributed by atoms with Crippen molar-refractivity contribution < 1.29 is 13.2 Å². The number of halogens is 1. The largest absolute Gasteiger partial charge is 0.381 e. The summed E-state index contributed by atoms with van der Waals surface area (Å²) in [6.07, 6.45) is 0.844. The summed E-state index contributed by atoms with van der Waals surface area (Å²) in [5.41, 5.74) is 5.96. The van der Waals surface area contributed by atoms with Gasteiger partial charge in [-0.1, -0.05) is 15.9 Å². The highest BCUT2D eigenvalue weighted by molar-refractivity contribution is 9.10. The lowest BCUT2D eigenvalue weighted by Crippen LogP contribution is -2.37. The summed E-state index contributed by atoms with van der Waals surface area (Å²) >= 11 is 3.28. The Balaban J connectivity index is 2.09. The first-order chi connectivity index (χ1) is 8.49. The van der Waals surface area contributed by atoms with Crippen LogP contribution in [0.15, 0.2) is 33.6 Å². The molecule has 18 heavy (non-hydrogen) atoms. The molecule has 2 N–H and O–H groups in total. The average molecular weight is 334 g/mol. The van der Waals surface area contributed by atoms with Gasteiger partial charge in [0.1, 0.15) is 0 Å². The van der Waals surface area contributed by atoms with Gasteiger partial charge in [0.2, 0.25) is 0 Å². The van der Waals surface area contributed by atoms with Crippen LogP contribution in [0.2, 0.25) is 0 Å². The molecular formula is C12H16BrNO3S. The van der Waals surface area contributed by atoms with Crippen molar-refractivity contribution in [3.05, 3.63) is 28.7 Å². The highest BCUT2D eigenvalue weighted by atomic mass is 79.9. The van der Waals surface area contributed by atoms with E-state index in [0.717, 1.165) is 10.9 Å². The van der Waals surface area contributed by atoms with Gasteiger partial charge in [-0.05, 0) is 30.7 Å². The van der Waals surface area contributed by atoms with Crippen LogP contribution in [0.5, 0.6) is 0 Å². The maximum atomic E-state index is 12.2. The van der Waals surface area contributed by atoms with E-state index >= 15 is 0 Å². The molecule has 0 saturated carbocycles. The zero-order chi connectivity index (χ0) is 13.2. The number of benzene rings is 1. The summed E-state index contributed by atoms with van der Waals surface area (Å²) in [5, 5.41) is 0. The lowest BCUT2D eigenvalue weighted by atomic mass is 10.0. The highest BCUT2D eigenvalue weighted by Gasteiger charge is 2.27. The smallest absolute Gasteiger partial charge is 0.179 e. The van der Waals surface area contributed by atoms with Gasteiger partial charge in [0.25, 0.3) is 0 Å². The fraction of sp³-hybridized carbons (Fsp3) is 0.500. The van der Waals surface area contributed by atoms with Gasteiger partial charge in [-0.15, -0.1) is 0 Å². The molecule has 4 nitrogen and oxygen atoms in total. The van der Waals surface area contributed by atoms with E-state index in [9.17, 15) is 8.42 Å². The third kappa shape index (κ3) is 3.32. The Morgan fingerprint density at radius 3 is 2.61 bits per heavy atom. The van der Waals surface area contributed by atoms with E-state index in [1.165, 1.54) is 0 Å². The van der Waals surface area contributed by atoms with Crippen LogP contribution in [-0.2, 0) is 14.6 Å². The Morgan fingerprint density at radius 1 is 1.39 bits per heavy atom. The Morgan fingerprint density at radius 2 is 2.06 bits per heavy atom. The number of sulfone groups is 1. The number of ether oxygens (including phenoxy) is 1. The van der Waals surface area contributed by atoms with Gasteiger partial charge >= 0.3 is 0 Å². The summed E-state index contributed by atoms with van der Waals surface area (Å²) < 4.78 is 30.4. The van der Waals surface area contributed by atoms with E-state index in [-0.39, 0.29) is 17.7 Å². The van der Waals surface area contributed by atoms with Gasteiger partial charge in [-0.25, -0.2) is 8.42 Å². The number of hydrogen-bond donors (Lipinski definition) is 1. The second-order valence-corrected chi connectivity index (χ2v) is 7.47. The van der Waals surface area contributed by atoms with E-state index in [2.05, 4.69) is 15.9 Å². The SMILES string of the molecule is NC(CS(=O)(=O)c1ccc(Br)cc1)C1CCOC1. The molecule has 2 unspecified atom stereocenters. The number of hydrogen-bond acceptors (Lipinski definition) is 4.